The zero-order chi connectivity index (χ0) is 27.7. The van der Waals surface area contributed by atoms with Crippen molar-refractivity contribution in [1.82, 2.24) is 10.6 Å². The molecular formula is C25H27N5O6S2. The van der Waals surface area contributed by atoms with Crippen molar-refractivity contribution < 1.29 is 28.2 Å². The monoisotopic (exact) mass is 557 g/mol. The van der Waals surface area contributed by atoms with Crippen LogP contribution >= 0.6 is 11.3 Å². The molecule has 0 bridgehead atoms. The predicted molar refractivity (Wildman–Crippen MR) is 147 cm³/mol. The molecule has 13 heteroatoms. The summed E-state index contributed by atoms with van der Waals surface area (Å²) in [6.07, 6.45) is 3.92. The number of phenolic OH excluding ortho intramolecular Hbond substituents is 1. The normalized spacial score (nSPS) is 12.1. The van der Waals surface area contributed by atoms with E-state index in [1.54, 1.807) is 48.6 Å². The Morgan fingerprint density at radius 1 is 1.08 bits per heavy atom. The first-order valence-corrected chi connectivity index (χ1v) is 13.7. The molecule has 3 rings (SSSR count). The second kappa shape index (κ2) is 12.7. The van der Waals surface area contributed by atoms with Crippen LogP contribution in [-0.2, 0) is 14.8 Å². The number of carbonyl (C=O) groups excluding carboxylic acids is 1. The van der Waals surface area contributed by atoms with E-state index >= 15 is 0 Å². The van der Waals surface area contributed by atoms with Crippen LogP contribution in [0.3, 0.4) is 0 Å². The minimum absolute atomic E-state index is 0.0186. The number of hydrogen-bond acceptors (Lipinski definition) is 7. The predicted octanol–water partition coefficient (Wildman–Crippen LogP) is 2.87. The molecule has 0 fully saturated rings. The van der Waals surface area contributed by atoms with E-state index in [4.69, 9.17) is 11.1 Å². The van der Waals surface area contributed by atoms with Gasteiger partial charge in [0.15, 0.2) is 5.96 Å². The van der Waals surface area contributed by atoms with Crippen LogP contribution in [0.1, 0.15) is 33.6 Å². The molecule has 0 aliphatic carbocycles. The molecule has 11 nitrogen and oxygen atoms in total. The van der Waals surface area contributed by atoms with Crippen LogP contribution < -0.4 is 21.1 Å². The highest BCUT2D eigenvalue weighted by Crippen LogP contribution is 2.26. The molecule has 8 N–H and O–H groups in total. The summed E-state index contributed by atoms with van der Waals surface area (Å²) in [5.74, 6) is -2.06. The van der Waals surface area contributed by atoms with E-state index in [1.165, 1.54) is 23.6 Å². The minimum Gasteiger partial charge on any atom is -0.508 e. The molecule has 0 unspecified atom stereocenters. The summed E-state index contributed by atoms with van der Waals surface area (Å²) >= 11 is 0.971. The SMILES string of the molecule is N=C(N)NCCC[C@H](NC(=O)c1sccc1NS(=O)(=O)c1cccc(/C=C/c2ccc(O)cc2)c1)C(=O)O. The van der Waals surface area contributed by atoms with Crippen molar-refractivity contribution in [3.05, 3.63) is 76.0 Å². The summed E-state index contributed by atoms with van der Waals surface area (Å²) in [7, 11) is -4.07. The molecule has 0 aliphatic heterocycles. The molecule has 1 amide bonds. The van der Waals surface area contributed by atoms with E-state index in [2.05, 4.69) is 15.4 Å². The summed E-state index contributed by atoms with van der Waals surface area (Å²) in [5, 5.41) is 32.5. The van der Waals surface area contributed by atoms with E-state index in [0.717, 1.165) is 16.9 Å². The number of sulfonamides is 1. The first-order chi connectivity index (χ1) is 18.0. The maximum Gasteiger partial charge on any atom is 0.326 e. The summed E-state index contributed by atoms with van der Waals surface area (Å²) < 4.78 is 28.6. The third-order valence-electron chi connectivity index (χ3n) is 5.23. The van der Waals surface area contributed by atoms with Gasteiger partial charge in [0, 0.05) is 6.54 Å². The topological polar surface area (TPSA) is 195 Å². The van der Waals surface area contributed by atoms with Gasteiger partial charge in [0.2, 0.25) is 0 Å². The minimum atomic E-state index is -4.07. The number of carboxylic acids is 1. The Labute approximate surface area is 223 Å². The third kappa shape index (κ3) is 8.08. The lowest BCUT2D eigenvalue weighted by Gasteiger charge is -2.15. The standard InChI is InChI=1S/C25H27N5O6S2/c26-25(27)28-13-2-5-21(24(33)34)29-23(32)22-20(12-14-37-22)30-38(35,36)19-4-1-3-17(15-19)7-6-16-8-10-18(31)11-9-16/h1,3-4,6-12,14-15,21,30-31H,2,5,13H2,(H,29,32)(H,33,34)(H4,26,27,28)/b7-6+/t21-/m0/s1. The quantitative estimate of drug-likeness (QED) is 0.0764. The van der Waals surface area contributed by atoms with Crippen LogP contribution in [0.5, 0.6) is 5.75 Å². The van der Waals surface area contributed by atoms with E-state index in [0.29, 0.717) is 12.0 Å². The number of anilines is 1. The number of nitrogens with one attached hydrogen (secondary N) is 4. The molecule has 200 valence electrons. The van der Waals surface area contributed by atoms with Crippen molar-refractivity contribution in [2.75, 3.05) is 11.3 Å². The molecule has 1 atom stereocenters. The van der Waals surface area contributed by atoms with Crippen molar-refractivity contribution in [3.63, 3.8) is 0 Å². The summed E-state index contributed by atoms with van der Waals surface area (Å²) in [6, 6.07) is 13.0. The van der Waals surface area contributed by atoms with Gasteiger partial charge in [-0.1, -0.05) is 36.4 Å². The van der Waals surface area contributed by atoms with Gasteiger partial charge in [-0.15, -0.1) is 11.3 Å². The maximum atomic E-state index is 13.1. The number of rotatable bonds is 12. The number of guanidine groups is 1. The molecule has 3 aromatic rings. The average Bonchev–Trinajstić information content (AvgIpc) is 3.33. The van der Waals surface area contributed by atoms with Gasteiger partial charge in [-0.3, -0.25) is 14.9 Å². The van der Waals surface area contributed by atoms with Gasteiger partial charge < -0.3 is 26.6 Å². The number of amides is 1. The van der Waals surface area contributed by atoms with Crippen molar-refractivity contribution in [2.45, 2.75) is 23.8 Å². The highest BCUT2D eigenvalue weighted by Gasteiger charge is 2.24. The second-order valence-electron chi connectivity index (χ2n) is 8.11. The molecule has 0 radical (unpaired) electrons. The average molecular weight is 558 g/mol. The number of aromatic hydroxyl groups is 1. The Bertz CT molecular complexity index is 1430. The van der Waals surface area contributed by atoms with Gasteiger partial charge in [0.25, 0.3) is 15.9 Å². The van der Waals surface area contributed by atoms with Crippen molar-refractivity contribution in [1.29, 1.82) is 5.41 Å². The number of hydrogen-bond donors (Lipinski definition) is 7. The molecule has 1 aromatic heterocycles. The van der Waals surface area contributed by atoms with E-state index in [-0.39, 0.29) is 40.1 Å². The molecule has 38 heavy (non-hydrogen) atoms. The first kappa shape index (κ1) is 28.2. The Kier molecular flexibility index (Phi) is 9.46. The highest BCUT2D eigenvalue weighted by atomic mass is 32.2. The van der Waals surface area contributed by atoms with Crippen molar-refractivity contribution in [3.8, 4) is 5.75 Å². The Balaban J connectivity index is 1.70. The lowest BCUT2D eigenvalue weighted by Crippen LogP contribution is -2.41. The number of benzene rings is 2. The van der Waals surface area contributed by atoms with Gasteiger partial charge in [-0.25, -0.2) is 13.2 Å². The Morgan fingerprint density at radius 2 is 1.79 bits per heavy atom. The summed E-state index contributed by atoms with van der Waals surface area (Å²) in [6.45, 7) is 0.266. The highest BCUT2D eigenvalue weighted by molar-refractivity contribution is 7.92. The van der Waals surface area contributed by atoms with Gasteiger partial charge in [0.1, 0.15) is 16.7 Å². The fourth-order valence-electron chi connectivity index (χ4n) is 3.34. The molecule has 1 heterocycles. The van der Waals surface area contributed by atoms with Gasteiger partial charge in [-0.05, 0) is 59.7 Å². The first-order valence-electron chi connectivity index (χ1n) is 11.3. The fraction of sp³-hybridized carbons (Fsp3) is 0.160. The molecule has 0 aliphatic rings. The summed E-state index contributed by atoms with van der Waals surface area (Å²) in [5.41, 5.74) is 6.66. The molecule has 2 aromatic carbocycles. The Morgan fingerprint density at radius 3 is 2.47 bits per heavy atom. The molecule has 0 spiro atoms. The lowest BCUT2D eigenvalue weighted by molar-refractivity contribution is -0.139. The molecular weight excluding hydrogens is 530 g/mol. The van der Waals surface area contributed by atoms with Crippen LogP contribution in [0.25, 0.3) is 12.2 Å². The number of phenols is 1. The lowest BCUT2D eigenvalue weighted by atomic mass is 10.1. The number of thiophene rings is 1. The van der Waals surface area contributed by atoms with Crippen LogP contribution in [0, 0.1) is 5.41 Å². The van der Waals surface area contributed by atoms with Crippen LogP contribution in [0.2, 0.25) is 0 Å². The van der Waals surface area contributed by atoms with E-state index in [9.17, 15) is 28.2 Å². The van der Waals surface area contributed by atoms with Gasteiger partial charge in [-0.2, -0.15) is 0 Å². The van der Waals surface area contributed by atoms with Crippen molar-refractivity contribution >= 4 is 57.0 Å². The number of carbonyl (C=O) groups is 2. The van der Waals surface area contributed by atoms with E-state index in [1.807, 2.05) is 0 Å². The van der Waals surface area contributed by atoms with Gasteiger partial charge >= 0.3 is 5.97 Å². The zero-order valence-corrected chi connectivity index (χ0v) is 21.7. The zero-order valence-electron chi connectivity index (χ0n) is 20.0. The van der Waals surface area contributed by atoms with Crippen LogP contribution in [-0.4, -0.2) is 49.1 Å². The smallest absolute Gasteiger partial charge is 0.326 e. The van der Waals surface area contributed by atoms with Crippen LogP contribution in [0.4, 0.5) is 5.69 Å². The number of carboxylic acid groups (broad SMARTS) is 1. The fourth-order valence-corrected chi connectivity index (χ4v) is 5.29. The molecule has 0 saturated carbocycles. The van der Waals surface area contributed by atoms with E-state index < -0.39 is 27.9 Å². The largest absolute Gasteiger partial charge is 0.508 e. The maximum absolute atomic E-state index is 13.1. The summed E-state index contributed by atoms with van der Waals surface area (Å²) in [4.78, 5) is 24.4. The Hall–Kier alpha value is -4.36. The third-order valence-corrected chi connectivity index (χ3v) is 7.51. The number of aliphatic carboxylic acids is 1. The van der Waals surface area contributed by atoms with Crippen LogP contribution in [0.15, 0.2) is 64.9 Å². The molecule has 0 saturated heterocycles. The van der Waals surface area contributed by atoms with Gasteiger partial charge in [0.05, 0.1) is 10.6 Å². The van der Waals surface area contributed by atoms with Crippen molar-refractivity contribution in [2.24, 2.45) is 5.73 Å². The number of nitrogens with two attached hydrogens (primary N) is 1. The second-order valence-corrected chi connectivity index (χ2v) is 10.7.